The molecule has 1 aromatic heterocycles. The van der Waals surface area contributed by atoms with E-state index in [1.165, 1.54) is 5.56 Å². The van der Waals surface area contributed by atoms with Crippen molar-refractivity contribution < 1.29 is 4.42 Å². The summed E-state index contributed by atoms with van der Waals surface area (Å²) in [7, 11) is 0. The molecular formula is C8H7BrO. The first-order valence-corrected chi connectivity index (χ1v) is 4.10. The smallest absolute Gasteiger partial charge is 0.169 e. The van der Waals surface area contributed by atoms with E-state index in [4.69, 9.17) is 4.42 Å². The number of hydrogen-bond acceptors (Lipinski definition) is 1. The lowest BCUT2D eigenvalue weighted by Crippen LogP contribution is -1.87. The average molecular weight is 199 g/mol. The van der Waals surface area contributed by atoms with Crippen LogP contribution in [-0.4, -0.2) is 0 Å². The Bertz CT molecular complexity index is 273. The summed E-state index contributed by atoms with van der Waals surface area (Å²) < 4.78 is 6.21. The van der Waals surface area contributed by atoms with E-state index in [0.29, 0.717) is 0 Å². The third-order valence-electron chi connectivity index (χ3n) is 1.65. The van der Waals surface area contributed by atoms with Gasteiger partial charge in [0.05, 0.1) is 0 Å². The monoisotopic (exact) mass is 198 g/mol. The van der Waals surface area contributed by atoms with Crippen molar-refractivity contribution in [3.63, 3.8) is 0 Å². The van der Waals surface area contributed by atoms with Gasteiger partial charge in [-0.05, 0) is 28.4 Å². The maximum absolute atomic E-state index is 5.37. The first-order valence-electron chi connectivity index (χ1n) is 3.31. The molecular weight excluding hydrogens is 192 g/mol. The van der Waals surface area contributed by atoms with E-state index >= 15 is 0 Å². The van der Waals surface area contributed by atoms with E-state index in [-0.39, 0.29) is 0 Å². The fraction of sp³-hybridized carbons (Fsp3) is 0.250. The van der Waals surface area contributed by atoms with Crippen LogP contribution < -0.4 is 0 Å². The highest BCUT2D eigenvalue weighted by Crippen LogP contribution is 2.25. The zero-order valence-corrected chi connectivity index (χ0v) is 7.02. The van der Waals surface area contributed by atoms with E-state index < -0.39 is 0 Å². The number of rotatable bonds is 0. The van der Waals surface area contributed by atoms with Gasteiger partial charge in [0, 0.05) is 12.0 Å². The molecule has 52 valence electrons. The molecule has 1 aliphatic carbocycles. The number of allylic oxidation sites excluding steroid dienone is 1. The van der Waals surface area contributed by atoms with Crippen molar-refractivity contribution in [1.82, 2.24) is 0 Å². The van der Waals surface area contributed by atoms with Gasteiger partial charge in [-0.2, -0.15) is 0 Å². The highest BCUT2D eigenvalue weighted by Gasteiger charge is 2.08. The van der Waals surface area contributed by atoms with Crippen LogP contribution in [0.5, 0.6) is 0 Å². The molecule has 0 N–H and O–H groups in total. The number of fused-ring (bicyclic) bond motifs is 1. The first-order chi connectivity index (χ1) is 4.86. The van der Waals surface area contributed by atoms with Crippen LogP contribution in [0.1, 0.15) is 17.7 Å². The maximum atomic E-state index is 5.37. The van der Waals surface area contributed by atoms with Crippen molar-refractivity contribution in [3.8, 4) is 0 Å². The molecule has 0 fully saturated rings. The Morgan fingerprint density at radius 1 is 1.50 bits per heavy atom. The van der Waals surface area contributed by atoms with Gasteiger partial charge < -0.3 is 4.42 Å². The van der Waals surface area contributed by atoms with E-state index in [1.807, 2.05) is 6.07 Å². The Kier molecular flexibility index (Phi) is 1.42. The lowest BCUT2D eigenvalue weighted by Gasteiger charge is -1.99. The molecule has 0 spiro atoms. The largest absolute Gasteiger partial charge is 0.454 e. The molecule has 0 unspecified atom stereocenters. The third-order valence-corrected chi connectivity index (χ3v) is 2.04. The predicted octanol–water partition coefficient (Wildman–Crippen LogP) is 3.00. The summed E-state index contributed by atoms with van der Waals surface area (Å²) in [5.41, 5.74) is 1.22. The maximum Gasteiger partial charge on any atom is 0.169 e. The van der Waals surface area contributed by atoms with Gasteiger partial charge in [0.1, 0.15) is 5.76 Å². The van der Waals surface area contributed by atoms with Crippen LogP contribution in [0.4, 0.5) is 0 Å². The molecule has 1 heterocycles. The standard InChI is InChI=1S/C8H7BrO/c9-8-5-6-3-1-2-4-7(6)10-8/h1,3,5H,2,4H2. The second-order valence-corrected chi connectivity index (χ2v) is 3.15. The van der Waals surface area contributed by atoms with Gasteiger partial charge in [0.2, 0.25) is 0 Å². The Morgan fingerprint density at radius 3 is 3.20 bits per heavy atom. The molecule has 0 aromatic carbocycles. The van der Waals surface area contributed by atoms with Crippen molar-refractivity contribution in [2.75, 3.05) is 0 Å². The van der Waals surface area contributed by atoms with Crippen LogP contribution in [0.15, 0.2) is 21.2 Å². The van der Waals surface area contributed by atoms with Crippen LogP contribution in [0.25, 0.3) is 6.08 Å². The minimum atomic E-state index is 0.837. The van der Waals surface area contributed by atoms with E-state index in [1.54, 1.807) is 0 Å². The molecule has 2 rings (SSSR count). The van der Waals surface area contributed by atoms with Gasteiger partial charge in [0.25, 0.3) is 0 Å². The zero-order chi connectivity index (χ0) is 6.97. The van der Waals surface area contributed by atoms with Gasteiger partial charge >= 0.3 is 0 Å². The Hall–Kier alpha value is -0.500. The molecule has 0 bridgehead atoms. The summed E-state index contributed by atoms with van der Waals surface area (Å²) >= 11 is 3.29. The summed E-state index contributed by atoms with van der Waals surface area (Å²) in [6, 6.07) is 2.00. The summed E-state index contributed by atoms with van der Waals surface area (Å²) in [6.45, 7) is 0. The first kappa shape index (κ1) is 6.23. The molecule has 0 radical (unpaired) electrons. The van der Waals surface area contributed by atoms with Crippen LogP contribution in [-0.2, 0) is 6.42 Å². The number of hydrogen-bond donors (Lipinski definition) is 0. The Labute approximate surface area is 67.9 Å². The molecule has 0 saturated carbocycles. The van der Waals surface area contributed by atoms with Crippen LogP contribution >= 0.6 is 15.9 Å². The molecule has 2 heteroatoms. The molecule has 0 amide bonds. The minimum absolute atomic E-state index is 0.837. The summed E-state index contributed by atoms with van der Waals surface area (Å²) in [5, 5.41) is 0. The molecule has 0 saturated heterocycles. The fourth-order valence-electron chi connectivity index (χ4n) is 1.17. The highest BCUT2D eigenvalue weighted by molar-refractivity contribution is 9.10. The van der Waals surface area contributed by atoms with E-state index in [2.05, 4.69) is 28.1 Å². The Balaban J connectivity index is 2.53. The molecule has 1 aliphatic rings. The molecule has 1 nitrogen and oxygen atoms in total. The van der Waals surface area contributed by atoms with Gasteiger partial charge in [0.15, 0.2) is 4.67 Å². The topological polar surface area (TPSA) is 13.1 Å². The van der Waals surface area contributed by atoms with Crippen molar-refractivity contribution in [2.24, 2.45) is 0 Å². The van der Waals surface area contributed by atoms with Crippen LogP contribution in [0, 0.1) is 0 Å². The SMILES string of the molecule is Brc1cc2c(o1)CCC=C2. The lowest BCUT2D eigenvalue weighted by atomic mass is 10.1. The summed E-state index contributed by atoms with van der Waals surface area (Å²) in [5.74, 6) is 1.11. The molecule has 10 heavy (non-hydrogen) atoms. The van der Waals surface area contributed by atoms with Gasteiger partial charge in [-0.3, -0.25) is 0 Å². The van der Waals surface area contributed by atoms with Crippen LogP contribution in [0.2, 0.25) is 0 Å². The van der Waals surface area contributed by atoms with Crippen LogP contribution in [0.3, 0.4) is 0 Å². The predicted molar refractivity (Wildman–Crippen MR) is 43.8 cm³/mol. The molecule has 1 aromatic rings. The summed E-state index contributed by atoms with van der Waals surface area (Å²) in [6.07, 6.45) is 6.42. The van der Waals surface area contributed by atoms with E-state index in [9.17, 15) is 0 Å². The number of aryl methyl sites for hydroxylation is 1. The minimum Gasteiger partial charge on any atom is -0.454 e. The van der Waals surface area contributed by atoms with Crippen molar-refractivity contribution in [1.29, 1.82) is 0 Å². The van der Waals surface area contributed by atoms with Crippen molar-refractivity contribution in [2.45, 2.75) is 12.8 Å². The van der Waals surface area contributed by atoms with Gasteiger partial charge in [-0.25, -0.2) is 0 Å². The van der Waals surface area contributed by atoms with Crippen molar-refractivity contribution in [3.05, 3.63) is 28.1 Å². The Morgan fingerprint density at radius 2 is 2.40 bits per heavy atom. The van der Waals surface area contributed by atoms with E-state index in [0.717, 1.165) is 23.3 Å². The number of furan rings is 1. The molecule has 0 atom stereocenters. The van der Waals surface area contributed by atoms with Gasteiger partial charge in [-0.15, -0.1) is 0 Å². The van der Waals surface area contributed by atoms with Crippen molar-refractivity contribution >= 4 is 22.0 Å². The summed E-state index contributed by atoms with van der Waals surface area (Å²) in [4.78, 5) is 0. The van der Waals surface area contributed by atoms with Gasteiger partial charge in [-0.1, -0.05) is 12.2 Å². The zero-order valence-electron chi connectivity index (χ0n) is 5.43. The fourth-order valence-corrected chi connectivity index (χ4v) is 1.61. The second kappa shape index (κ2) is 2.27. The molecule has 0 aliphatic heterocycles. The second-order valence-electron chi connectivity index (χ2n) is 2.37. The average Bonchev–Trinajstić information content (AvgIpc) is 2.27. The normalized spacial score (nSPS) is 15.3. The highest BCUT2D eigenvalue weighted by atomic mass is 79.9. The third kappa shape index (κ3) is 0.926. The lowest BCUT2D eigenvalue weighted by molar-refractivity contribution is 0.486. The quantitative estimate of drug-likeness (QED) is 0.625. The number of halogens is 1.